The van der Waals surface area contributed by atoms with Crippen molar-refractivity contribution in [3.8, 4) is 0 Å². The third-order valence-electron chi connectivity index (χ3n) is 8.54. The molecule has 0 rings (SSSR count). The molecule has 0 saturated carbocycles. The summed E-state index contributed by atoms with van der Waals surface area (Å²) in [6.45, 7) is 16.6. The third kappa shape index (κ3) is 23.7. The lowest BCUT2D eigenvalue weighted by Gasteiger charge is -2.22. The molecule has 0 heterocycles. The fraction of sp³-hybridized carbons (Fsp3) is 0.971. The van der Waals surface area contributed by atoms with Crippen LogP contribution >= 0.6 is 0 Å². The van der Waals surface area contributed by atoms with Gasteiger partial charge >= 0.3 is 0 Å². The second-order valence-corrected chi connectivity index (χ2v) is 12.3. The van der Waals surface area contributed by atoms with E-state index in [4.69, 9.17) is 0 Å². The van der Waals surface area contributed by atoms with Crippen LogP contribution in [0.4, 0.5) is 0 Å². The summed E-state index contributed by atoms with van der Waals surface area (Å²) in [5.41, 5.74) is 0. The molecule has 0 aromatic rings. The van der Waals surface area contributed by atoms with E-state index in [9.17, 15) is 0 Å². The van der Waals surface area contributed by atoms with Gasteiger partial charge in [0.1, 0.15) is 0 Å². The van der Waals surface area contributed by atoms with E-state index < -0.39 is 0 Å². The lowest BCUT2D eigenvalue weighted by molar-refractivity contribution is 0.318. The van der Waals surface area contributed by atoms with E-state index in [2.05, 4.69) is 41.5 Å². The molecule has 0 aliphatic rings. The first-order chi connectivity index (χ1) is 16.5. The van der Waals surface area contributed by atoms with Crippen LogP contribution in [0.2, 0.25) is 0 Å². The first-order valence-electron chi connectivity index (χ1n) is 16.3. The molecule has 0 spiro atoms. The molecule has 0 amide bonds. The van der Waals surface area contributed by atoms with Gasteiger partial charge in [-0.2, -0.15) is 0 Å². The zero-order chi connectivity index (χ0) is 25.3. The molecule has 0 bridgehead atoms. The second-order valence-electron chi connectivity index (χ2n) is 12.3. The highest BCUT2D eigenvalue weighted by atomic mass is 14.2. The molecule has 0 N–H and O–H groups in total. The van der Waals surface area contributed by atoms with E-state index in [1.54, 1.807) is 0 Å². The van der Waals surface area contributed by atoms with Gasteiger partial charge in [-0.15, -0.1) is 0 Å². The van der Waals surface area contributed by atoms with Crippen LogP contribution in [0.1, 0.15) is 189 Å². The summed E-state index contributed by atoms with van der Waals surface area (Å²) in [5.74, 6) is 3.28. The van der Waals surface area contributed by atoms with Gasteiger partial charge in [-0.05, 0) is 37.0 Å². The van der Waals surface area contributed by atoms with Crippen molar-refractivity contribution in [2.75, 3.05) is 0 Å². The summed E-state index contributed by atoms with van der Waals surface area (Å²) >= 11 is 0. The van der Waals surface area contributed by atoms with Crippen molar-refractivity contribution in [1.82, 2.24) is 0 Å². The molecule has 0 aliphatic carbocycles. The Morgan fingerprint density at radius 2 is 0.735 bits per heavy atom. The second kappa shape index (κ2) is 26.1. The van der Waals surface area contributed by atoms with Crippen LogP contribution in [-0.2, 0) is 0 Å². The van der Waals surface area contributed by atoms with E-state index in [-0.39, 0.29) is 0 Å². The van der Waals surface area contributed by atoms with Crippen molar-refractivity contribution >= 4 is 0 Å². The minimum atomic E-state index is 0.661. The molecule has 0 fully saturated rings. The van der Waals surface area contributed by atoms with Crippen LogP contribution in [-0.4, -0.2) is 0 Å². The molecule has 4 atom stereocenters. The largest absolute Gasteiger partial charge is 0.0654 e. The minimum Gasteiger partial charge on any atom is -0.0654 e. The fourth-order valence-electron chi connectivity index (χ4n) is 5.53. The van der Waals surface area contributed by atoms with Gasteiger partial charge in [-0.1, -0.05) is 182 Å². The standard InChI is InChI=1S/C34H69/c1-7-9-11-13-15-16-17-18-19-21-23-26-32(4)29-30-34(6)33(5)28-24-27-31(3)25-22-20-14-12-10-8-2/h31-34H,6-30H2,1-5H3. The first-order valence-corrected chi connectivity index (χ1v) is 16.3. The van der Waals surface area contributed by atoms with Crippen LogP contribution in [0.3, 0.4) is 0 Å². The fourth-order valence-corrected chi connectivity index (χ4v) is 5.53. The van der Waals surface area contributed by atoms with Gasteiger partial charge in [-0.3, -0.25) is 0 Å². The molecule has 0 aromatic heterocycles. The number of rotatable bonds is 27. The quantitative estimate of drug-likeness (QED) is 0.103. The summed E-state index contributed by atoms with van der Waals surface area (Å²) in [5, 5.41) is 0. The van der Waals surface area contributed by atoms with Crippen molar-refractivity contribution in [1.29, 1.82) is 0 Å². The Kier molecular flexibility index (Phi) is 26.1. The van der Waals surface area contributed by atoms with Crippen LogP contribution in [0.5, 0.6) is 0 Å². The van der Waals surface area contributed by atoms with Gasteiger partial charge in [0.05, 0.1) is 0 Å². The van der Waals surface area contributed by atoms with E-state index >= 15 is 0 Å². The molecule has 205 valence electrons. The van der Waals surface area contributed by atoms with Gasteiger partial charge in [-0.25, -0.2) is 0 Å². The predicted molar refractivity (Wildman–Crippen MR) is 158 cm³/mol. The van der Waals surface area contributed by atoms with Crippen LogP contribution in [0.15, 0.2) is 0 Å². The van der Waals surface area contributed by atoms with Gasteiger partial charge in [0.15, 0.2) is 0 Å². The van der Waals surface area contributed by atoms with Gasteiger partial charge < -0.3 is 0 Å². The van der Waals surface area contributed by atoms with Gasteiger partial charge in [0, 0.05) is 0 Å². The lowest BCUT2D eigenvalue weighted by atomic mass is 9.84. The monoisotopic (exact) mass is 478 g/mol. The zero-order valence-corrected chi connectivity index (χ0v) is 25.0. The van der Waals surface area contributed by atoms with Crippen molar-refractivity contribution in [3.05, 3.63) is 6.92 Å². The highest BCUT2D eigenvalue weighted by Crippen LogP contribution is 2.27. The molecular formula is C34H69. The summed E-state index contributed by atoms with van der Waals surface area (Å²) in [6, 6.07) is 0. The average Bonchev–Trinajstić information content (AvgIpc) is 2.83. The maximum absolute atomic E-state index is 4.55. The molecule has 4 unspecified atom stereocenters. The number of hydrogen-bond acceptors (Lipinski definition) is 0. The molecule has 0 heteroatoms. The van der Waals surface area contributed by atoms with Crippen LogP contribution < -0.4 is 0 Å². The topological polar surface area (TPSA) is 0 Å². The Hall–Kier alpha value is 0. The maximum atomic E-state index is 4.55. The van der Waals surface area contributed by atoms with E-state index in [0.717, 1.165) is 17.8 Å². The van der Waals surface area contributed by atoms with Crippen molar-refractivity contribution in [3.63, 3.8) is 0 Å². The van der Waals surface area contributed by atoms with Crippen molar-refractivity contribution in [2.24, 2.45) is 23.7 Å². The van der Waals surface area contributed by atoms with E-state index in [0.29, 0.717) is 5.92 Å². The van der Waals surface area contributed by atoms with Crippen molar-refractivity contribution in [2.45, 2.75) is 189 Å². The predicted octanol–water partition coefficient (Wildman–Crippen LogP) is 12.7. The SMILES string of the molecule is [CH2]C(CCC(C)CCCCCCCCCCCCC)C(C)CCCC(C)CCCCCCCC. The smallest absolute Gasteiger partial charge is 0.0388 e. The molecular weight excluding hydrogens is 408 g/mol. The normalized spacial score (nSPS) is 15.4. The molecule has 1 radical (unpaired) electrons. The Morgan fingerprint density at radius 1 is 0.382 bits per heavy atom. The zero-order valence-electron chi connectivity index (χ0n) is 25.0. The number of unbranched alkanes of at least 4 members (excludes halogenated alkanes) is 15. The lowest BCUT2D eigenvalue weighted by Crippen LogP contribution is -2.10. The summed E-state index contributed by atoms with van der Waals surface area (Å²) in [7, 11) is 0. The minimum absolute atomic E-state index is 0.661. The van der Waals surface area contributed by atoms with Gasteiger partial charge in [0.25, 0.3) is 0 Å². The van der Waals surface area contributed by atoms with Crippen molar-refractivity contribution < 1.29 is 0 Å². The van der Waals surface area contributed by atoms with Crippen LogP contribution in [0.25, 0.3) is 0 Å². The molecule has 0 aliphatic heterocycles. The molecule has 0 aromatic carbocycles. The average molecular weight is 478 g/mol. The third-order valence-corrected chi connectivity index (χ3v) is 8.54. The summed E-state index contributed by atoms with van der Waals surface area (Å²) in [4.78, 5) is 0. The Balaban J connectivity index is 3.55. The Labute approximate surface area is 219 Å². The first kappa shape index (κ1) is 34.0. The van der Waals surface area contributed by atoms with E-state index in [1.165, 1.54) is 154 Å². The number of hydrogen-bond donors (Lipinski definition) is 0. The molecule has 0 nitrogen and oxygen atoms in total. The highest BCUT2D eigenvalue weighted by molar-refractivity contribution is 4.71. The van der Waals surface area contributed by atoms with Crippen LogP contribution in [0, 0.1) is 30.6 Å². The highest BCUT2D eigenvalue weighted by Gasteiger charge is 2.14. The Morgan fingerprint density at radius 3 is 1.18 bits per heavy atom. The summed E-state index contributed by atoms with van der Waals surface area (Å²) < 4.78 is 0. The maximum Gasteiger partial charge on any atom is -0.0388 e. The summed E-state index contributed by atoms with van der Waals surface area (Å²) in [6.07, 6.45) is 34.5. The van der Waals surface area contributed by atoms with E-state index in [1.807, 2.05) is 0 Å². The molecule has 0 saturated heterocycles. The molecule has 34 heavy (non-hydrogen) atoms. The Bertz CT molecular complexity index is 372. The van der Waals surface area contributed by atoms with Gasteiger partial charge in [0.2, 0.25) is 0 Å².